The highest BCUT2D eigenvalue weighted by atomic mass is 19.4. The molecule has 0 aliphatic rings. The van der Waals surface area contributed by atoms with Gasteiger partial charge in [-0.2, -0.15) is 13.2 Å². The minimum atomic E-state index is -4.60. The first-order chi connectivity index (χ1) is 7.41. The summed E-state index contributed by atoms with van der Waals surface area (Å²) in [5, 5.41) is 1.77. The molecule has 0 aromatic rings. The molecule has 0 rings (SSSR count). The maximum Gasteiger partial charge on any atom is 0.408 e. The largest absolute Gasteiger partial charge is 0.444 e. The number of hydrogen-bond acceptors (Lipinski definition) is 3. The second kappa shape index (κ2) is 5.24. The number of hydrogen-bond donors (Lipinski definition) is 2. The summed E-state index contributed by atoms with van der Waals surface area (Å²) in [4.78, 5) is 21.9. The van der Waals surface area contributed by atoms with Crippen LogP contribution in [0.4, 0.5) is 18.0 Å². The molecule has 5 nitrogen and oxygen atoms in total. The molecular formula is C9H15F3N2O3. The summed E-state index contributed by atoms with van der Waals surface area (Å²) in [5.74, 6) is -1.27. The number of amides is 2. The molecule has 0 saturated carbocycles. The molecule has 8 heteroatoms. The van der Waals surface area contributed by atoms with Gasteiger partial charge >= 0.3 is 12.3 Å². The lowest BCUT2D eigenvalue weighted by atomic mass is 10.2. The fourth-order valence-corrected chi connectivity index (χ4v) is 0.904. The number of rotatable bonds is 3. The van der Waals surface area contributed by atoms with Gasteiger partial charge in [-0.05, 0) is 20.8 Å². The fourth-order valence-electron chi connectivity index (χ4n) is 0.904. The normalized spacial score (nSPS) is 14.0. The van der Waals surface area contributed by atoms with Crippen LogP contribution in [0.5, 0.6) is 0 Å². The molecule has 0 aromatic heterocycles. The molecule has 17 heavy (non-hydrogen) atoms. The zero-order valence-corrected chi connectivity index (χ0v) is 9.72. The van der Waals surface area contributed by atoms with Gasteiger partial charge in [-0.25, -0.2) is 4.79 Å². The first-order valence-corrected chi connectivity index (χ1v) is 4.76. The second-order valence-corrected chi connectivity index (χ2v) is 4.42. The molecule has 100 valence electrons. The van der Waals surface area contributed by atoms with Gasteiger partial charge in [0.05, 0.1) is 6.42 Å². The van der Waals surface area contributed by atoms with E-state index in [9.17, 15) is 22.8 Å². The smallest absolute Gasteiger partial charge is 0.408 e. The number of primary amides is 1. The molecule has 0 unspecified atom stereocenters. The molecule has 0 saturated heterocycles. The molecule has 0 aliphatic heterocycles. The van der Waals surface area contributed by atoms with Crippen LogP contribution in [-0.2, 0) is 9.53 Å². The van der Waals surface area contributed by atoms with Gasteiger partial charge in [0.2, 0.25) is 5.91 Å². The van der Waals surface area contributed by atoms with E-state index in [1.807, 2.05) is 0 Å². The molecule has 0 bridgehead atoms. The van der Waals surface area contributed by atoms with Crippen molar-refractivity contribution in [3.63, 3.8) is 0 Å². The summed E-state index contributed by atoms with van der Waals surface area (Å²) in [6, 6.07) is -1.83. The van der Waals surface area contributed by atoms with Gasteiger partial charge in [-0.3, -0.25) is 4.79 Å². The Hall–Kier alpha value is -1.47. The highest BCUT2D eigenvalue weighted by molar-refractivity contribution is 5.84. The summed E-state index contributed by atoms with van der Waals surface area (Å²) in [7, 11) is 0. The summed E-state index contributed by atoms with van der Waals surface area (Å²) in [6.45, 7) is 4.61. The van der Waals surface area contributed by atoms with Gasteiger partial charge in [0.1, 0.15) is 11.6 Å². The quantitative estimate of drug-likeness (QED) is 0.799. The Balaban J connectivity index is 4.47. The van der Waals surface area contributed by atoms with Crippen molar-refractivity contribution < 1.29 is 27.5 Å². The third kappa shape index (κ3) is 8.35. The molecule has 0 aromatic carbocycles. The molecule has 1 atom stereocenters. The molecular weight excluding hydrogens is 241 g/mol. The number of carbonyl (C=O) groups is 2. The third-order valence-corrected chi connectivity index (χ3v) is 1.47. The second-order valence-electron chi connectivity index (χ2n) is 4.42. The van der Waals surface area contributed by atoms with Crippen molar-refractivity contribution in [1.29, 1.82) is 0 Å². The number of nitrogens with two attached hydrogens (primary N) is 1. The average molecular weight is 256 g/mol. The maximum atomic E-state index is 12.1. The van der Waals surface area contributed by atoms with E-state index < -0.39 is 36.2 Å². The van der Waals surface area contributed by atoms with Crippen molar-refractivity contribution in [1.82, 2.24) is 5.32 Å². The van der Waals surface area contributed by atoms with Gasteiger partial charge in [0.15, 0.2) is 0 Å². The van der Waals surface area contributed by atoms with E-state index in [0.29, 0.717) is 0 Å². The Kier molecular flexibility index (Phi) is 4.79. The van der Waals surface area contributed by atoms with Crippen molar-refractivity contribution in [2.75, 3.05) is 0 Å². The monoisotopic (exact) mass is 256 g/mol. The van der Waals surface area contributed by atoms with Crippen molar-refractivity contribution >= 4 is 12.0 Å². The van der Waals surface area contributed by atoms with Crippen molar-refractivity contribution in [3.8, 4) is 0 Å². The summed E-state index contributed by atoms with van der Waals surface area (Å²) in [6.07, 6.45) is -7.25. The standard InChI is InChI=1S/C9H15F3N2O3/c1-8(2,3)17-7(16)14-5(6(13)15)4-9(10,11)12/h5H,4H2,1-3H3,(H2,13,15)(H,14,16)/t5-/m0/s1. The Labute approximate surface area is 96.5 Å². The number of ether oxygens (including phenoxy) is 1. The van der Waals surface area contributed by atoms with E-state index in [2.05, 4.69) is 0 Å². The van der Waals surface area contributed by atoms with Crippen molar-refractivity contribution in [3.05, 3.63) is 0 Å². The van der Waals surface area contributed by atoms with Gasteiger partial charge in [-0.1, -0.05) is 0 Å². The number of nitrogens with one attached hydrogen (secondary N) is 1. The number of alkyl halides is 3. The maximum absolute atomic E-state index is 12.1. The van der Waals surface area contributed by atoms with E-state index >= 15 is 0 Å². The van der Waals surface area contributed by atoms with E-state index in [1.165, 1.54) is 20.8 Å². The van der Waals surface area contributed by atoms with E-state index in [-0.39, 0.29) is 0 Å². The van der Waals surface area contributed by atoms with Crippen LogP contribution >= 0.6 is 0 Å². The van der Waals surface area contributed by atoms with Crippen LogP contribution in [0, 0.1) is 0 Å². The zero-order valence-electron chi connectivity index (χ0n) is 9.72. The highest BCUT2D eigenvalue weighted by Crippen LogP contribution is 2.21. The Morgan fingerprint density at radius 3 is 2.06 bits per heavy atom. The fraction of sp³-hybridized carbons (Fsp3) is 0.778. The lowest BCUT2D eigenvalue weighted by molar-refractivity contribution is -0.147. The summed E-state index contributed by atoms with van der Waals surface area (Å²) >= 11 is 0. The molecule has 3 N–H and O–H groups in total. The van der Waals surface area contributed by atoms with E-state index in [1.54, 1.807) is 5.32 Å². The van der Waals surface area contributed by atoms with Gasteiger partial charge < -0.3 is 15.8 Å². The SMILES string of the molecule is CC(C)(C)OC(=O)N[C@@H](CC(F)(F)F)C(N)=O. The van der Waals surface area contributed by atoms with Crippen LogP contribution in [0.2, 0.25) is 0 Å². The van der Waals surface area contributed by atoms with Crippen molar-refractivity contribution in [2.45, 2.75) is 45.0 Å². The number of halogens is 3. The first-order valence-electron chi connectivity index (χ1n) is 4.76. The van der Waals surface area contributed by atoms with Crippen LogP contribution < -0.4 is 11.1 Å². The molecule has 0 fully saturated rings. The lowest BCUT2D eigenvalue weighted by Crippen LogP contribution is -2.48. The predicted molar refractivity (Wildman–Crippen MR) is 53.0 cm³/mol. The minimum absolute atomic E-state index is 0.871. The molecule has 0 aliphatic carbocycles. The number of carbonyl (C=O) groups excluding carboxylic acids is 2. The Morgan fingerprint density at radius 1 is 1.29 bits per heavy atom. The van der Waals surface area contributed by atoms with Crippen LogP contribution in [0.25, 0.3) is 0 Å². The van der Waals surface area contributed by atoms with Crippen LogP contribution in [0.1, 0.15) is 27.2 Å². The molecule has 0 spiro atoms. The first kappa shape index (κ1) is 15.5. The highest BCUT2D eigenvalue weighted by Gasteiger charge is 2.36. The van der Waals surface area contributed by atoms with Crippen LogP contribution in [0.3, 0.4) is 0 Å². The average Bonchev–Trinajstić information content (AvgIpc) is 1.95. The van der Waals surface area contributed by atoms with Crippen LogP contribution in [0.15, 0.2) is 0 Å². The minimum Gasteiger partial charge on any atom is -0.444 e. The van der Waals surface area contributed by atoms with Gasteiger partial charge in [0, 0.05) is 0 Å². The van der Waals surface area contributed by atoms with Gasteiger partial charge in [0.25, 0.3) is 0 Å². The van der Waals surface area contributed by atoms with Gasteiger partial charge in [-0.15, -0.1) is 0 Å². The summed E-state index contributed by atoms with van der Waals surface area (Å²) in [5.41, 5.74) is 3.88. The third-order valence-electron chi connectivity index (χ3n) is 1.47. The van der Waals surface area contributed by atoms with Crippen LogP contribution in [-0.4, -0.2) is 29.8 Å². The molecule has 2 amide bonds. The predicted octanol–water partition coefficient (Wildman–Crippen LogP) is 1.32. The lowest BCUT2D eigenvalue weighted by Gasteiger charge is -2.22. The van der Waals surface area contributed by atoms with E-state index in [4.69, 9.17) is 10.5 Å². The molecule has 0 radical (unpaired) electrons. The zero-order chi connectivity index (χ0) is 13.9. The Bertz CT molecular complexity index is 297. The Morgan fingerprint density at radius 2 is 1.76 bits per heavy atom. The molecule has 0 heterocycles. The topological polar surface area (TPSA) is 81.4 Å². The summed E-state index contributed by atoms with van der Waals surface area (Å²) < 4.78 is 40.9. The van der Waals surface area contributed by atoms with Crippen molar-refractivity contribution in [2.24, 2.45) is 5.73 Å². The number of alkyl carbamates (subject to hydrolysis) is 1. The van der Waals surface area contributed by atoms with E-state index in [0.717, 1.165) is 0 Å².